The van der Waals surface area contributed by atoms with E-state index in [0.29, 0.717) is 0 Å². The summed E-state index contributed by atoms with van der Waals surface area (Å²) in [7, 11) is -2.92. The molecular weight excluding hydrogens is 95.7 g/mol. The van der Waals surface area contributed by atoms with Gasteiger partial charge in [0.2, 0.25) is 0 Å². The van der Waals surface area contributed by atoms with Crippen LogP contribution in [0.4, 0.5) is 0 Å². The summed E-state index contributed by atoms with van der Waals surface area (Å²) in [6.07, 6.45) is 0. The van der Waals surface area contributed by atoms with Crippen molar-refractivity contribution in [2.75, 3.05) is 0 Å². The van der Waals surface area contributed by atoms with Gasteiger partial charge in [-0.25, -0.2) is 0 Å². The van der Waals surface area contributed by atoms with Gasteiger partial charge in [-0.05, 0) is 0 Å². The Balaban J connectivity index is -0.0000000150. The van der Waals surface area contributed by atoms with Crippen molar-refractivity contribution in [3.8, 4) is 0 Å². The first-order valence-corrected chi connectivity index (χ1v) is 0.707. The van der Waals surface area contributed by atoms with Crippen molar-refractivity contribution in [2.45, 2.75) is 0 Å². The first-order valence-electron chi connectivity index (χ1n) is 0.707. The predicted octanol–water partition coefficient (Wildman–Crippen LogP) is -12.9. The van der Waals surface area contributed by atoms with Crippen LogP contribution in [0.5, 0.6) is 0 Å². The molecule has 0 unspecified atom stereocenters. The third-order valence-electron chi connectivity index (χ3n) is 0. The van der Waals surface area contributed by atoms with Crippen molar-refractivity contribution in [3.63, 3.8) is 0 Å². The fourth-order valence-corrected chi connectivity index (χ4v) is 0. The third-order valence-corrected chi connectivity index (χ3v) is 0. The van der Waals surface area contributed by atoms with E-state index in [1.54, 1.807) is 0 Å². The molecule has 0 bridgehead atoms. The molecule has 0 aromatic carbocycles. The molecule has 0 radical (unpaired) electrons. The molecule has 3 nitrogen and oxygen atoms in total. The van der Waals surface area contributed by atoms with E-state index in [9.17, 15) is 0 Å². The fourth-order valence-electron chi connectivity index (χ4n) is 0. The molecule has 0 aliphatic heterocycles. The average Bonchev–Trinajstić information content (AvgIpc) is 0.811. The quantitative estimate of drug-likeness (QED) is 0.281. The van der Waals surface area contributed by atoms with Gasteiger partial charge in [0.1, 0.15) is 0 Å². The van der Waals surface area contributed by atoms with Gasteiger partial charge in [-0.1, -0.05) is 0 Å². The van der Waals surface area contributed by atoms with E-state index in [0.717, 1.165) is 0 Å². The van der Waals surface area contributed by atoms with Crippen molar-refractivity contribution in [1.29, 1.82) is 0 Å². The number of hydrogen-bond acceptors (Lipinski definition) is 3. The smallest absolute Gasteiger partial charge is 0.907 e. The van der Waals surface area contributed by atoms with Gasteiger partial charge < -0.3 is 15.1 Å². The van der Waals surface area contributed by atoms with Crippen LogP contribution in [0.3, 0.4) is 0 Å². The summed E-state index contributed by atoms with van der Waals surface area (Å²) in [6, 6.07) is 0. The second-order valence-electron chi connectivity index (χ2n) is 0.289. The standard InChI is InChI=1S/BO3.2Li.Na/c2-1(3)4;;;/q-3;3*+1. The summed E-state index contributed by atoms with van der Waals surface area (Å²) < 4.78 is 0. The van der Waals surface area contributed by atoms with Crippen molar-refractivity contribution < 1.29 is 82.4 Å². The first-order chi connectivity index (χ1) is 1.73. The van der Waals surface area contributed by atoms with Gasteiger partial charge >= 0.3 is 67.3 Å². The van der Waals surface area contributed by atoms with Gasteiger partial charge in [0.25, 0.3) is 0 Å². The van der Waals surface area contributed by atoms with Crippen molar-refractivity contribution >= 4 is 7.32 Å². The molecule has 7 heteroatoms. The van der Waals surface area contributed by atoms with E-state index in [-0.39, 0.29) is 67.3 Å². The maximum absolute atomic E-state index is 8.42. The minimum atomic E-state index is -2.92. The van der Waals surface area contributed by atoms with Crippen molar-refractivity contribution in [2.24, 2.45) is 0 Å². The minimum absolute atomic E-state index is 0. The number of rotatable bonds is 0. The van der Waals surface area contributed by atoms with Gasteiger partial charge in [0.15, 0.2) is 0 Å². The zero-order chi connectivity index (χ0) is 3.58. The SMILES string of the molecule is [Li+].[Li+].[Na+].[O-]B([O-])[O-]. The van der Waals surface area contributed by atoms with Crippen LogP contribution < -0.4 is 82.4 Å². The molecule has 0 fully saturated rings. The van der Waals surface area contributed by atoms with Crippen molar-refractivity contribution in [1.82, 2.24) is 0 Å². The van der Waals surface area contributed by atoms with Crippen molar-refractivity contribution in [3.05, 3.63) is 0 Å². The Kier molecular flexibility index (Phi) is 51.4. The normalized spacial score (nSPS) is 3.86. The summed E-state index contributed by atoms with van der Waals surface area (Å²) in [5.41, 5.74) is 0. The van der Waals surface area contributed by atoms with Gasteiger partial charge in [-0.2, -0.15) is 0 Å². The van der Waals surface area contributed by atoms with E-state index in [1.165, 1.54) is 0 Å². The molecular formula is BLi2NaO3. The molecule has 0 aromatic heterocycles. The largest absolute Gasteiger partial charge is 1.00 e. The molecule has 0 aromatic rings. The molecule has 0 rings (SSSR count). The Hall–Kier alpha value is 2.14. The number of hydrogen-bond donors (Lipinski definition) is 0. The molecule has 7 heavy (non-hydrogen) atoms. The average molecular weight is 95.7 g/mol. The van der Waals surface area contributed by atoms with Crippen LogP contribution in [0.1, 0.15) is 0 Å². The van der Waals surface area contributed by atoms with Crippen LogP contribution in [-0.4, -0.2) is 7.32 Å². The van der Waals surface area contributed by atoms with Crippen LogP contribution in [-0.2, 0) is 0 Å². The molecule has 0 atom stereocenters. The van der Waals surface area contributed by atoms with E-state index >= 15 is 0 Å². The molecule has 0 heterocycles. The molecule has 24 valence electrons. The zero-order valence-corrected chi connectivity index (χ0v) is 6.80. The fraction of sp³-hybridized carbons (Fsp3) is 0. The Labute approximate surface area is 88.7 Å². The second kappa shape index (κ2) is 15.7. The second-order valence-corrected chi connectivity index (χ2v) is 0.289. The van der Waals surface area contributed by atoms with Gasteiger partial charge in [0.05, 0.1) is 0 Å². The minimum Gasteiger partial charge on any atom is -0.907 e. The Morgan fingerprint density at radius 1 is 0.857 bits per heavy atom. The molecule has 0 amide bonds. The first kappa shape index (κ1) is 22.9. The summed E-state index contributed by atoms with van der Waals surface area (Å²) in [4.78, 5) is 0. The zero-order valence-electron chi connectivity index (χ0n) is 4.80. The molecule has 0 N–H and O–H groups in total. The Morgan fingerprint density at radius 2 is 0.857 bits per heavy atom. The maximum Gasteiger partial charge on any atom is 1.00 e. The van der Waals surface area contributed by atoms with Crippen LogP contribution in [0.15, 0.2) is 0 Å². The van der Waals surface area contributed by atoms with Gasteiger partial charge in [-0.15, -0.1) is 0 Å². The monoisotopic (exact) mass is 96.0 g/mol. The summed E-state index contributed by atoms with van der Waals surface area (Å²) in [6.45, 7) is 0. The van der Waals surface area contributed by atoms with E-state index in [2.05, 4.69) is 0 Å². The topological polar surface area (TPSA) is 69.2 Å². The maximum atomic E-state index is 8.42. The third kappa shape index (κ3) is 67.0. The summed E-state index contributed by atoms with van der Waals surface area (Å²) in [5, 5.41) is 25.2. The van der Waals surface area contributed by atoms with Gasteiger partial charge in [0, 0.05) is 0 Å². The molecule has 0 spiro atoms. The molecule has 0 saturated carbocycles. The predicted molar refractivity (Wildman–Crippen MR) is 5.75 cm³/mol. The van der Waals surface area contributed by atoms with E-state index in [4.69, 9.17) is 15.1 Å². The summed E-state index contributed by atoms with van der Waals surface area (Å²) in [5.74, 6) is 0. The van der Waals surface area contributed by atoms with Crippen LogP contribution in [0.25, 0.3) is 0 Å². The van der Waals surface area contributed by atoms with Crippen LogP contribution >= 0.6 is 0 Å². The van der Waals surface area contributed by atoms with Gasteiger partial charge in [-0.3, -0.25) is 7.32 Å². The summed E-state index contributed by atoms with van der Waals surface area (Å²) >= 11 is 0. The van der Waals surface area contributed by atoms with Crippen LogP contribution in [0, 0.1) is 0 Å². The van der Waals surface area contributed by atoms with E-state index < -0.39 is 7.32 Å². The molecule has 0 aliphatic rings. The van der Waals surface area contributed by atoms with Crippen LogP contribution in [0.2, 0.25) is 0 Å². The Morgan fingerprint density at radius 3 is 0.857 bits per heavy atom. The Bertz CT molecular complexity index is 17.7. The molecule has 0 aliphatic carbocycles. The molecule has 0 saturated heterocycles. The van der Waals surface area contributed by atoms with E-state index in [1.807, 2.05) is 0 Å².